The van der Waals surface area contributed by atoms with Crippen LogP contribution < -0.4 is 5.69 Å². The lowest BCUT2D eigenvalue weighted by atomic mass is 10.4. The van der Waals surface area contributed by atoms with E-state index in [2.05, 4.69) is 15.2 Å². The monoisotopic (exact) mass is 298 g/mol. The first-order valence-corrected chi connectivity index (χ1v) is 7.54. The number of fused-ring (bicyclic) bond motifs is 1. The molecule has 0 aromatic carbocycles. The van der Waals surface area contributed by atoms with E-state index in [1.165, 1.54) is 21.4 Å². The van der Waals surface area contributed by atoms with Gasteiger partial charge in [0.1, 0.15) is 5.82 Å². The molecule has 1 aliphatic rings. The molecule has 2 aromatic rings. The fraction of sp³-hybridized carbons (Fsp3) is 0.500. The van der Waals surface area contributed by atoms with Crippen LogP contribution >= 0.6 is 0 Å². The highest BCUT2D eigenvalue weighted by atomic mass is 32.2. The van der Waals surface area contributed by atoms with Crippen LogP contribution in [0, 0.1) is 0 Å². The maximum atomic E-state index is 12.4. The number of H-pyrrole nitrogens is 1. The summed E-state index contributed by atoms with van der Waals surface area (Å²) >= 11 is 0. The standard InChI is InChI=1S/C10H14N6O3S/c1-14-6-9(11-7-14)20(18,19)15-3-2-8-12-13-10(17)16(8)5-4-15/h6-7H,2-5H2,1H3,(H,13,17). The van der Waals surface area contributed by atoms with Gasteiger partial charge in [0.25, 0.3) is 10.0 Å². The van der Waals surface area contributed by atoms with Gasteiger partial charge in [-0.3, -0.25) is 4.57 Å². The van der Waals surface area contributed by atoms with Gasteiger partial charge < -0.3 is 4.57 Å². The van der Waals surface area contributed by atoms with E-state index < -0.39 is 10.0 Å². The van der Waals surface area contributed by atoms with Crippen molar-refractivity contribution >= 4 is 10.0 Å². The number of aryl methyl sites for hydroxylation is 1. The summed E-state index contributed by atoms with van der Waals surface area (Å²) in [4.78, 5) is 15.4. The Balaban J connectivity index is 1.88. The topological polar surface area (TPSA) is 106 Å². The van der Waals surface area contributed by atoms with Crippen LogP contribution in [0.5, 0.6) is 0 Å². The van der Waals surface area contributed by atoms with Crippen LogP contribution in [0.4, 0.5) is 0 Å². The summed E-state index contributed by atoms with van der Waals surface area (Å²) in [5.74, 6) is 0.578. The van der Waals surface area contributed by atoms with E-state index in [0.717, 1.165) is 0 Å². The van der Waals surface area contributed by atoms with Crippen molar-refractivity contribution in [2.24, 2.45) is 7.05 Å². The molecular weight excluding hydrogens is 284 g/mol. The summed E-state index contributed by atoms with van der Waals surface area (Å²) in [6.45, 7) is 0.797. The molecule has 108 valence electrons. The number of nitrogens with one attached hydrogen (secondary N) is 1. The first-order valence-electron chi connectivity index (χ1n) is 6.10. The lowest BCUT2D eigenvalue weighted by Gasteiger charge is -2.17. The zero-order valence-corrected chi connectivity index (χ0v) is 11.7. The summed E-state index contributed by atoms with van der Waals surface area (Å²) < 4.78 is 29.3. The summed E-state index contributed by atoms with van der Waals surface area (Å²) in [6, 6.07) is 0. The van der Waals surface area contributed by atoms with Crippen LogP contribution in [0.25, 0.3) is 0 Å². The van der Waals surface area contributed by atoms with Crippen LogP contribution in [0.15, 0.2) is 22.3 Å². The third-order valence-electron chi connectivity index (χ3n) is 3.28. The molecule has 0 spiro atoms. The normalized spacial score (nSPS) is 16.9. The molecule has 0 atom stereocenters. The lowest BCUT2D eigenvalue weighted by Crippen LogP contribution is -2.34. The molecule has 0 saturated heterocycles. The molecule has 0 fully saturated rings. The quantitative estimate of drug-likeness (QED) is 0.730. The molecule has 0 aliphatic carbocycles. The van der Waals surface area contributed by atoms with Crippen molar-refractivity contribution < 1.29 is 8.42 Å². The van der Waals surface area contributed by atoms with Gasteiger partial charge in [0.05, 0.1) is 6.33 Å². The maximum absolute atomic E-state index is 12.4. The highest BCUT2D eigenvalue weighted by Gasteiger charge is 2.29. The first kappa shape index (κ1) is 13.1. The van der Waals surface area contributed by atoms with Gasteiger partial charge in [-0.1, -0.05) is 0 Å². The van der Waals surface area contributed by atoms with E-state index in [1.54, 1.807) is 11.6 Å². The van der Waals surface area contributed by atoms with Gasteiger partial charge >= 0.3 is 5.69 Å². The summed E-state index contributed by atoms with van der Waals surface area (Å²) in [5.41, 5.74) is -0.308. The number of imidazole rings is 1. The van der Waals surface area contributed by atoms with E-state index in [1.807, 2.05) is 0 Å². The Labute approximate surface area is 114 Å². The Morgan fingerprint density at radius 1 is 1.30 bits per heavy atom. The van der Waals surface area contributed by atoms with Crippen molar-refractivity contribution in [3.05, 3.63) is 28.8 Å². The number of hydrogen-bond acceptors (Lipinski definition) is 5. The van der Waals surface area contributed by atoms with Crippen molar-refractivity contribution in [3.8, 4) is 0 Å². The van der Waals surface area contributed by atoms with Crippen molar-refractivity contribution in [1.82, 2.24) is 28.6 Å². The van der Waals surface area contributed by atoms with Gasteiger partial charge in [-0.2, -0.15) is 9.40 Å². The lowest BCUT2D eigenvalue weighted by molar-refractivity contribution is 0.411. The average molecular weight is 298 g/mol. The van der Waals surface area contributed by atoms with E-state index in [4.69, 9.17) is 0 Å². The molecule has 0 unspecified atom stereocenters. The number of aromatic nitrogens is 5. The van der Waals surface area contributed by atoms with E-state index in [9.17, 15) is 13.2 Å². The molecular formula is C10H14N6O3S. The average Bonchev–Trinajstić information content (AvgIpc) is 2.90. The minimum Gasteiger partial charge on any atom is -0.339 e. The Hall–Kier alpha value is -1.94. The molecule has 2 aromatic heterocycles. The Bertz CT molecular complexity index is 786. The van der Waals surface area contributed by atoms with Gasteiger partial charge in [0, 0.05) is 39.3 Å². The fourth-order valence-corrected chi connectivity index (χ4v) is 3.61. The summed E-state index contributed by atoms with van der Waals surface area (Å²) in [7, 11) is -1.91. The van der Waals surface area contributed by atoms with E-state index >= 15 is 0 Å². The first-order chi connectivity index (χ1) is 9.48. The number of sulfonamides is 1. The molecule has 0 radical (unpaired) electrons. The minimum atomic E-state index is -3.62. The molecule has 1 N–H and O–H groups in total. The van der Waals surface area contributed by atoms with Crippen LogP contribution in [-0.2, 0) is 30.0 Å². The van der Waals surface area contributed by atoms with Crippen molar-refractivity contribution in [3.63, 3.8) is 0 Å². The van der Waals surface area contributed by atoms with Crippen LogP contribution in [-0.4, -0.2) is 50.1 Å². The maximum Gasteiger partial charge on any atom is 0.343 e. The van der Waals surface area contributed by atoms with E-state index in [0.29, 0.717) is 12.2 Å². The molecule has 1 aliphatic heterocycles. The molecule has 10 heteroatoms. The minimum absolute atomic E-state index is 0.0217. The second-order valence-corrected chi connectivity index (χ2v) is 6.51. The third-order valence-corrected chi connectivity index (χ3v) is 5.06. The SMILES string of the molecule is Cn1cnc(S(=O)(=O)N2CCc3n[nH]c(=O)n3CC2)c1. The number of aromatic amines is 1. The van der Waals surface area contributed by atoms with Crippen molar-refractivity contribution in [2.75, 3.05) is 13.1 Å². The van der Waals surface area contributed by atoms with Gasteiger partial charge in [0.2, 0.25) is 0 Å². The van der Waals surface area contributed by atoms with Gasteiger partial charge in [0.15, 0.2) is 5.03 Å². The second kappa shape index (κ2) is 4.56. The Morgan fingerprint density at radius 2 is 2.10 bits per heavy atom. The van der Waals surface area contributed by atoms with Gasteiger partial charge in [-0.15, -0.1) is 0 Å². The Kier molecular flexibility index (Phi) is 2.98. The molecule has 0 bridgehead atoms. The highest BCUT2D eigenvalue weighted by molar-refractivity contribution is 7.89. The van der Waals surface area contributed by atoms with Gasteiger partial charge in [-0.05, 0) is 0 Å². The predicted molar refractivity (Wildman–Crippen MR) is 68.5 cm³/mol. The largest absolute Gasteiger partial charge is 0.343 e. The van der Waals surface area contributed by atoms with Crippen LogP contribution in [0.1, 0.15) is 5.82 Å². The van der Waals surface area contributed by atoms with Gasteiger partial charge in [-0.25, -0.2) is 23.3 Å². The zero-order chi connectivity index (χ0) is 14.3. The molecule has 20 heavy (non-hydrogen) atoms. The highest BCUT2D eigenvalue weighted by Crippen LogP contribution is 2.15. The predicted octanol–water partition coefficient (Wildman–Crippen LogP) is -1.45. The molecule has 9 nitrogen and oxygen atoms in total. The third kappa shape index (κ3) is 2.06. The van der Waals surface area contributed by atoms with Crippen molar-refractivity contribution in [2.45, 2.75) is 18.0 Å². The van der Waals surface area contributed by atoms with Crippen LogP contribution in [0.3, 0.4) is 0 Å². The number of nitrogens with zero attached hydrogens (tertiary/aromatic N) is 5. The van der Waals surface area contributed by atoms with E-state index in [-0.39, 0.29) is 30.3 Å². The summed E-state index contributed by atoms with van der Waals surface area (Å²) in [5, 5.41) is 6.28. The molecule has 0 amide bonds. The van der Waals surface area contributed by atoms with Crippen molar-refractivity contribution in [1.29, 1.82) is 0 Å². The van der Waals surface area contributed by atoms with Crippen LogP contribution in [0.2, 0.25) is 0 Å². The second-order valence-electron chi connectivity index (χ2n) is 4.63. The molecule has 3 rings (SSSR count). The Morgan fingerprint density at radius 3 is 2.80 bits per heavy atom. The smallest absolute Gasteiger partial charge is 0.339 e. The number of rotatable bonds is 2. The molecule has 0 saturated carbocycles. The zero-order valence-electron chi connectivity index (χ0n) is 10.9. The molecule has 3 heterocycles. The summed E-state index contributed by atoms with van der Waals surface area (Å²) in [6.07, 6.45) is 3.30. The number of hydrogen-bond donors (Lipinski definition) is 1. The fourth-order valence-electron chi connectivity index (χ4n) is 2.21.